The van der Waals surface area contributed by atoms with Crippen molar-refractivity contribution in [3.63, 3.8) is 0 Å². The van der Waals surface area contributed by atoms with Crippen molar-refractivity contribution in [2.75, 3.05) is 0 Å². The topological polar surface area (TPSA) is 78.2 Å². The van der Waals surface area contributed by atoms with Gasteiger partial charge in [-0.05, 0) is 47.5 Å². The van der Waals surface area contributed by atoms with Crippen molar-refractivity contribution in [2.24, 2.45) is 5.14 Å². The quantitative estimate of drug-likeness (QED) is 0.283. The highest BCUT2D eigenvalue weighted by Gasteiger charge is 2.20. The van der Waals surface area contributed by atoms with E-state index in [-0.39, 0.29) is 11.0 Å². The Morgan fingerprint density at radius 1 is 0.914 bits per heavy atom. The average Bonchev–Trinajstić information content (AvgIpc) is 3.24. The van der Waals surface area contributed by atoms with E-state index in [1.54, 1.807) is 24.3 Å². The molecule has 1 unspecified atom stereocenters. The summed E-state index contributed by atoms with van der Waals surface area (Å²) in [6, 6.07) is 19.4. The van der Waals surface area contributed by atoms with Crippen molar-refractivity contribution >= 4 is 44.8 Å². The van der Waals surface area contributed by atoms with Crippen molar-refractivity contribution in [2.45, 2.75) is 30.7 Å². The van der Waals surface area contributed by atoms with E-state index in [9.17, 15) is 8.42 Å². The van der Waals surface area contributed by atoms with Crippen LogP contribution in [0.5, 0.6) is 0 Å². The van der Waals surface area contributed by atoms with E-state index >= 15 is 0 Å². The second-order valence-electron chi connectivity index (χ2n) is 8.06. The van der Waals surface area contributed by atoms with Gasteiger partial charge in [-0.1, -0.05) is 65.1 Å². The molecule has 0 saturated heterocycles. The molecule has 0 amide bonds. The third-order valence-corrected chi connectivity index (χ3v) is 7.16. The minimum atomic E-state index is -3.71. The largest absolute Gasteiger partial charge is 0.365 e. The van der Waals surface area contributed by atoms with Crippen LogP contribution in [0.3, 0.4) is 0 Å². The first-order valence-electron chi connectivity index (χ1n) is 10.6. The Labute approximate surface area is 219 Å². The molecule has 4 aromatic rings. The van der Waals surface area contributed by atoms with E-state index < -0.39 is 10.0 Å². The number of nitrogens with two attached hydrogens (primary N) is 1. The lowest BCUT2D eigenvalue weighted by Gasteiger charge is -2.18. The van der Waals surface area contributed by atoms with Crippen LogP contribution < -0.4 is 9.71 Å². The number of benzene rings is 3. The molecule has 0 radical (unpaired) electrons. The Balaban J connectivity index is 1.50. The van der Waals surface area contributed by atoms with Gasteiger partial charge in [-0.2, -0.15) is 0 Å². The van der Waals surface area contributed by atoms with Crippen LogP contribution in [0.4, 0.5) is 0 Å². The molecule has 1 heterocycles. The predicted molar refractivity (Wildman–Crippen MR) is 137 cm³/mol. The minimum absolute atomic E-state index is 0.0874. The standard InChI is InChI=1S/C25H23Cl3N3O3S/c26-20-5-1-19(2-6-20)16-34-25(23-10-7-21(27)13-24(23)28)15-31-12-11-30(17-31)14-18-3-8-22(9-4-18)35(29,32)33/h1-13,17,25H,14-16H2,(H2,29,32,33)/q+1. The second kappa shape index (κ2) is 11.1. The zero-order valence-electron chi connectivity index (χ0n) is 18.5. The summed E-state index contributed by atoms with van der Waals surface area (Å²) >= 11 is 18.6. The van der Waals surface area contributed by atoms with Gasteiger partial charge in [0.1, 0.15) is 31.6 Å². The predicted octanol–water partition coefficient (Wildman–Crippen LogP) is 5.39. The Hall–Kier alpha value is -2.39. The Morgan fingerprint density at radius 3 is 2.23 bits per heavy atom. The number of nitrogens with zero attached hydrogens (tertiary/aromatic N) is 2. The first kappa shape index (κ1) is 25.7. The molecule has 182 valence electrons. The zero-order valence-corrected chi connectivity index (χ0v) is 21.6. The summed E-state index contributed by atoms with van der Waals surface area (Å²) < 4.78 is 33.2. The van der Waals surface area contributed by atoms with Crippen molar-refractivity contribution in [1.29, 1.82) is 0 Å². The van der Waals surface area contributed by atoms with Crippen molar-refractivity contribution < 1.29 is 17.7 Å². The van der Waals surface area contributed by atoms with Crippen LogP contribution in [0.15, 0.2) is 90.3 Å². The van der Waals surface area contributed by atoms with Gasteiger partial charge in [-0.15, -0.1) is 0 Å². The molecule has 6 nitrogen and oxygen atoms in total. The van der Waals surface area contributed by atoms with Crippen LogP contribution in [-0.2, 0) is 34.5 Å². The minimum Gasteiger partial charge on any atom is -0.365 e. The van der Waals surface area contributed by atoms with Gasteiger partial charge >= 0.3 is 0 Å². The van der Waals surface area contributed by atoms with Crippen molar-refractivity contribution in [3.8, 4) is 0 Å². The molecular weight excluding hydrogens is 529 g/mol. The maximum Gasteiger partial charge on any atom is 0.244 e. The number of halogens is 3. The molecule has 0 fully saturated rings. The summed E-state index contributed by atoms with van der Waals surface area (Å²) in [5, 5.41) is 6.94. The molecule has 0 spiro atoms. The lowest BCUT2D eigenvalue weighted by Crippen LogP contribution is -2.31. The number of aromatic nitrogens is 2. The van der Waals surface area contributed by atoms with Gasteiger partial charge in [0.2, 0.25) is 16.4 Å². The molecule has 35 heavy (non-hydrogen) atoms. The molecule has 2 N–H and O–H groups in total. The van der Waals surface area contributed by atoms with E-state index in [1.807, 2.05) is 58.2 Å². The van der Waals surface area contributed by atoms with Crippen molar-refractivity contribution in [1.82, 2.24) is 4.57 Å². The maximum absolute atomic E-state index is 11.5. The van der Waals surface area contributed by atoms with Crippen LogP contribution in [-0.4, -0.2) is 13.0 Å². The summed E-state index contributed by atoms with van der Waals surface area (Å²) in [7, 11) is -3.71. The number of hydrogen-bond acceptors (Lipinski definition) is 3. The molecule has 0 aliphatic rings. The molecular formula is C25H23Cl3N3O3S+. The maximum atomic E-state index is 11.5. The van der Waals surface area contributed by atoms with Crippen LogP contribution in [0.1, 0.15) is 22.8 Å². The van der Waals surface area contributed by atoms with Crippen LogP contribution in [0, 0.1) is 0 Å². The fraction of sp³-hybridized carbons (Fsp3) is 0.160. The number of hydrogen-bond donors (Lipinski definition) is 1. The molecule has 3 aromatic carbocycles. The Bertz CT molecular complexity index is 1410. The van der Waals surface area contributed by atoms with Gasteiger partial charge in [0, 0.05) is 20.6 Å². The first-order valence-corrected chi connectivity index (χ1v) is 13.3. The van der Waals surface area contributed by atoms with E-state index in [0.717, 1.165) is 16.7 Å². The van der Waals surface area contributed by atoms with E-state index in [0.29, 0.717) is 34.8 Å². The number of imidazole rings is 1. The van der Waals surface area contributed by atoms with Gasteiger partial charge in [-0.25, -0.2) is 22.7 Å². The molecule has 1 aromatic heterocycles. The summed E-state index contributed by atoms with van der Waals surface area (Å²) in [6.07, 6.45) is 5.51. The second-order valence-corrected chi connectivity index (χ2v) is 10.9. The number of ether oxygens (including phenoxy) is 1. The summed E-state index contributed by atoms with van der Waals surface area (Å²) in [5.74, 6) is 0. The zero-order chi connectivity index (χ0) is 25.0. The van der Waals surface area contributed by atoms with Gasteiger partial charge in [0.15, 0.2) is 0 Å². The van der Waals surface area contributed by atoms with Gasteiger partial charge in [0.05, 0.1) is 11.5 Å². The number of sulfonamides is 1. The molecule has 0 aliphatic carbocycles. The molecule has 0 bridgehead atoms. The molecule has 0 aliphatic heterocycles. The summed E-state index contributed by atoms with van der Waals surface area (Å²) in [4.78, 5) is 0.0874. The third kappa shape index (κ3) is 7.07. The first-order chi connectivity index (χ1) is 16.7. The number of rotatable bonds is 9. The smallest absolute Gasteiger partial charge is 0.244 e. The van der Waals surface area contributed by atoms with Crippen LogP contribution in [0.2, 0.25) is 15.1 Å². The molecule has 0 saturated carbocycles. The average molecular weight is 552 g/mol. The molecule has 4 rings (SSSR count). The highest BCUT2D eigenvalue weighted by Crippen LogP contribution is 2.30. The highest BCUT2D eigenvalue weighted by atomic mass is 35.5. The van der Waals surface area contributed by atoms with E-state index in [4.69, 9.17) is 44.7 Å². The van der Waals surface area contributed by atoms with E-state index in [2.05, 4.69) is 0 Å². The van der Waals surface area contributed by atoms with Crippen molar-refractivity contribution in [3.05, 3.63) is 117 Å². The monoisotopic (exact) mass is 550 g/mol. The van der Waals surface area contributed by atoms with Gasteiger partial charge < -0.3 is 4.74 Å². The normalized spacial score (nSPS) is 12.6. The lowest BCUT2D eigenvalue weighted by atomic mass is 10.1. The van der Waals surface area contributed by atoms with E-state index in [1.165, 1.54) is 12.1 Å². The SMILES string of the molecule is NS(=O)(=O)c1ccc(C[n+]2ccn(CC(OCc3ccc(Cl)cc3)c3ccc(Cl)cc3Cl)c2)cc1. The Morgan fingerprint density at radius 2 is 1.57 bits per heavy atom. The van der Waals surface area contributed by atoms with Crippen LogP contribution >= 0.6 is 34.8 Å². The highest BCUT2D eigenvalue weighted by molar-refractivity contribution is 7.89. The molecule has 10 heteroatoms. The third-order valence-electron chi connectivity index (χ3n) is 5.41. The van der Waals surface area contributed by atoms with Crippen LogP contribution in [0.25, 0.3) is 0 Å². The summed E-state index contributed by atoms with van der Waals surface area (Å²) in [6.45, 7) is 1.47. The fourth-order valence-electron chi connectivity index (χ4n) is 3.61. The number of primary sulfonamides is 1. The Kier molecular flexibility index (Phi) is 8.16. The fourth-order valence-corrected chi connectivity index (χ4v) is 4.78. The van der Waals surface area contributed by atoms with Gasteiger partial charge in [0.25, 0.3) is 0 Å². The molecule has 1 atom stereocenters. The van der Waals surface area contributed by atoms with Gasteiger partial charge in [-0.3, -0.25) is 0 Å². The summed E-state index contributed by atoms with van der Waals surface area (Å²) in [5.41, 5.74) is 2.77. The lowest BCUT2D eigenvalue weighted by molar-refractivity contribution is -0.687.